The van der Waals surface area contributed by atoms with E-state index in [0.29, 0.717) is 12.2 Å². The number of ether oxygens (including phenoxy) is 1. The minimum Gasteiger partial charge on any atom is -0.495 e. The molecule has 2 aromatic heterocycles. The summed E-state index contributed by atoms with van der Waals surface area (Å²) < 4.78 is 7.42. The first-order valence-electron chi connectivity index (χ1n) is 8.09. The maximum Gasteiger partial charge on any atom is 0.270 e. The number of rotatable bonds is 4. The van der Waals surface area contributed by atoms with Crippen molar-refractivity contribution in [3.05, 3.63) is 60.7 Å². The van der Waals surface area contributed by atoms with Gasteiger partial charge in [0.2, 0.25) is 0 Å². The lowest BCUT2D eigenvalue weighted by molar-refractivity contribution is 0.0929. The number of aromatic nitrogens is 2. The molecule has 0 aliphatic carbocycles. The van der Waals surface area contributed by atoms with Gasteiger partial charge in [-0.05, 0) is 29.8 Å². The van der Waals surface area contributed by atoms with Crippen LogP contribution in [0, 0.1) is 0 Å². The molecule has 0 fully saturated rings. The van der Waals surface area contributed by atoms with Crippen molar-refractivity contribution in [2.24, 2.45) is 0 Å². The van der Waals surface area contributed by atoms with Crippen LogP contribution in [0.2, 0.25) is 0 Å². The Kier molecular flexibility index (Phi) is 3.85. The van der Waals surface area contributed by atoms with E-state index in [-0.39, 0.29) is 5.91 Å². The average Bonchev–Trinajstić information content (AvgIpc) is 3.03. The fourth-order valence-corrected chi connectivity index (χ4v) is 3.11. The largest absolute Gasteiger partial charge is 0.495 e. The van der Waals surface area contributed by atoms with Crippen LogP contribution in [0.4, 0.5) is 11.4 Å². The van der Waals surface area contributed by atoms with Crippen molar-refractivity contribution in [1.82, 2.24) is 14.9 Å². The number of fused-ring (bicyclic) bond motifs is 1. The molecule has 1 aromatic carbocycles. The summed E-state index contributed by atoms with van der Waals surface area (Å²) in [6.45, 7) is 1.37. The van der Waals surface area contributed by atoms with E-state index in [2.05, 4.69) is 15.6 Å². The molecule has 1 amide bonds. The summed E-state index contributed by atoms with van der Waals surface area (Å²) in [5, 5.41) is 6.32. The number of pyridine rings is 1. The zero-order valence-electron chi connectivity index (χ0n) is 13.8. The van der Waals surface area contributed by atoms with Crippen LogP contribution in [-0.4, -0.2) is 29.1 Å². The van der Waals surface area contributed by atoms with E-state index in [1.165, 1.54) is 0 Å². The van der Waals surface area contributed by atoms with Gasteiger partial charge < -0.3 is 19.9 Å². The highest BCUT2D eigenvalue weighted by Crippen LogP contribution is 2.38. The summed E-state index contributed by atoms with van der Waals surface area (Å²) in [6.07, 6.45) is 5.51. The number of benzene rings is 1. The monoisotopic (exact) mass is 334 g/mol. The number of hydrogen-bond acceptors (Lipinski definition) is 4. The Morgan fingerprint density at radius 1 is 1.20 bits per heavy atom. The molecule has 0 spiro atoms. The molecule has 0 bridgehead atoms. The fourth-order valence-electron chi connectivity index (χ4n) is 3.11. The molecule has 0 saturated heterocycles. The number of carbonyl (C=O) groups excluding carboxylic acids is 1. The minimum absolute atomic E-state index is 0.0797. The van der Waals surface area contributed by atoms with Crippen LogP contribution in [0.3, 0.4) is 0 Å². The fraction of sp³-hybridized carbons (Fsp3) is 0.158. The maximum absolute atomic E-state index is 12.5. The van der Waals surface area contributed by atoms with Crippen molar-refractivity contribution >= 4 is 17.3 Å². The number of anilines is 2. The summed E-state index contributed by atoms with van der Waals surface area (Å²) in [7, 11) is 1.63. The number of nitrogens with one attached hydrogen (secondary N) is 2. The Bertz CT molecular complexity index is 918. The van der Waals surface area contributed by atoms with Crippen LogP contribution in [0.1, 0.15) is 10.5 Å². The van der Waals surface area contributed by atoms with Crippen LogP contribution in [0.15, 0.2) is 55.0 Å². The Hall–Kier alpha value is -3.28. The third-order valence-electron chi connectivity index (χ3n) is 4.29. The van der Waals surface area contributed by atoms with Crippen molar-refractivity contribution < 1.29 is 9.53 Å². The van der Waals surface area contributed by atoms with E-state index < -0.39 is 0 Å². The lowest BCUT2D eigenvalue weighted by atomic mass is 10.1. The second-order valence-corrected chi connectivity index (χ2v) is 5.78. The van der Waals surface area contributed by atoms with Gasteiger partial charge in [0, 0.05) is 37.2 Å². The molecule has 3 heterocycles. The number of carbonyl (C=O) groups is 1. The summed E-state index contributed by atoms with van der Waals surface area (Å²) in [5.74, 6) is 0.642. The van der Waals surface area contributed by atoms with Crippen LogP contribution < -0.4 is 15.4 Å². The minimum atomic E-state index is -0.0797. The highest BCUT2D eigenvalue weighted by Gasteiger charge is 2.26. The van der Waals surface area contributed by atoms with Gasteiger partial charge in [0.1, 0.15) is 11.4 Å². The molecule has 3 aromatic rings. The van der Waals surface area contributed by atoms with Gasteiger partial charge >= 0.3 is 0 Å². The lowest BCUT2D eigenvalue weighted by Crippen LogP contribution is -2.35. The molecule has 4 rings (SSSR count). The van der Waals surface area contributed by atoms with Gasteiger partial charge in [-0.3, -0.25) is 9.78 Å². The van der Waals surface area contributed by atoms with Crippen molar-refractivity contribution in [2.75, 3.05) is 19.0 Å². The summed E-state index contributed by atoms with van der Waals surface area (Å²) in [6, 6.07) is 11.5. The predicted octanol–water partition coefficient (Wildman–Crippen LogP) is 3.05. The van der Waals surface area contributed by atoms with Crippen molar-refractivity contribution in [2.45, 2.75) is 6.54 Å². The molecule has 0 unspecified atom stereocenters. The average molecular weight is 334 g/mol. The molecule has 0 atom stereocenters. The maximum atomic E-state index is 12.5. The molecule has 0 radical (unpaired) electrons. The molecule has 126 valence electrons. The van der Waals surface area contributed by atoms with Gasteiger partial charge in [0.05, 0.1) is 18.5 Å². The molecule has 6 nitrogen and oxygen atoms in total. The Balaban J connectivity index is 1.87. The topological polar surface area (TPSA) is 68.2 Å². The Morgan fingerprint density at radius 2 is 2.00 bits per heavy atom. The second-order valence-electron chi connectivity index (χ2n) is 5.78. The molecular formula is C19H18N4O2. The highest BCUT2D eigenvalue weighted by atomic mass is 16.5. The normalized spacial score (nSPS) is 13.1. The number of nitrogens with zero attached hydrogens (tertiary/aromatic N) is 2. The Labute approximate surface area is 145 Å². The standard InChI is InChI=1S/C19H18N4O2/c1-25-16-5-3-2-4-15(16)22-17-14(13-6-8-20-9-7-13)12-23-11-10-21-19(24)18(17)23/h2-9,12,22H,10-11H2,1H3,(H,21,24). The van der Waals surface area contributed by atoms with Gasteiger partial charge in [0.15, 0.2) is 0 Å². The van der Waals surface area contributed by atoms with E-state index in [1.807, 2.05) is 47.2 Å². The van der Waals surface area contributed by atoms with Gasteiger partial charge in [0.25, 0.3) is 5.91 Å². The molecule has 0 saturated carbocycles. The molecule has 25 heavy (non-hydrogen) atoms. The highest BCUT2D eigenvalue weighted by molar-refractivity contribution is 6.04. The quantitative estimate of drug-likeness (QED) is 0.769. The molecule has 2 N–H and O–H groups in total. The zero-order chi connectivity index (χ0) is 17.2. The third-order valence-corrected chi connectivity index (χ3v) is 4.29. The van der Waals surface area contributed by atoms with Crippen LogP contribution in [-0.2, 0) is 6.54 Å². The molecule has 6 heteroatoms. The third kappa shape index (κ3) is 2.71. The molecular weight excluding hydrogens is 316 g/mol. The van der Waals surface area contributed by atoms with Crippen LogP contribution in [0.5, 0.6) is 5.75 Å². The Morgan fingerprint density at radius 3 is 2.80 bits per heavy atom. The predicted molar refractivity (Wildman–Crippen MR) is 96.3 cm³/mol. The summed E-state index contributed by atoms with van der Waals surface area (Å²) >= 11 is 0. The van der Waals surface area contributed by atoms with Gasteiger partial charge in [-0.15, -0.1) is 0 Å². The van der Waals surface area contributed by atoms with E-state index in [0.717, 1.165) is 34.8 Å². The van der Waals surface area contributed by atoms with Gasteiger partial charge in [-0.25, -0.2) is 0 Å². The van der Waals surface area contributed by atoms with Crippen molar-refractivity contribution in [3.63, 3.8) is 0 Å². The van der Waals surface area contributed by atoms with Gasteiger partial charge in [-0.2, -0.15) is 0 Å². The first-order chi connectivity index (χ1) is 12.3. The van der Waals surface area contributed by atoms with Crippen LogP contribution in [0.25, 0.3) is 11.1 Å². The summed E-state index contributed by atoms with van der Waals surface area (Å²) in [5.41, 5.74) is 4.17. The SMILES string of the molecule is COc1ccccc1Nc1c(-c2ccncc2)cn2c1C(=O)NCC2. The first kappa shape index (κ1) is 15.3. The van der Waals surface area contributed by atoms with E-state index in [4.69, 9.17) is 4.74 Å². The van der Waals surface area contributed by atoms with Crippen LogP contribution >= 0.6 is 0 Å². The van der Waals surface area contributed by atoms with E-state index in [9.17, 15) is 4.79 Å². The number of amides is 1. The van der Waals surface area contributed by atoms with Crippen molar-refractivity contribution in [1.29, 1.82) is 0 Å². The first-order valence-corrected chi connectivity index (χ1v) is 8.09. The zero-order valence-corrected chi connectivity index (χ0v) is 13.8. The molecule has 1 aliphatic heterocycles. The van der Waals surface area contributed by atoms with E-state index in [1.54, 1.807) is 19.5 Å². The smallest absolute Gasteiger partial charge is 0.270 e. The van der Waals surface area contributed by atoms with Crippen molar-refractivity contribution in [3.8, 4) is 16.9 Å². The lowest BCUT2D eigenvalue weighted by Gasteiger charge is -2.18. The molecule has 1 aliphatic rings. The van der Waals surface area contributed by atoms with E-state index >= 15 is 0 Å². The second kappa shape index (κ2) is 6.32. The number of para-hydroxylation sites is 2. The van der Waals surface area contributed by atoms with Gasteiger partial charge in [-0.1, -0.05) is 12.1 Å². The summed E-state index contributed by atoms with van der Waals surface area (Å²) in [4.78, 5) is 16.6. The number of methoxy groups -OCH3 is 1. The number of hydrogen-bond donors (Lipinski definition) is 2.